The molecule has 0 aliphatic rings. The number of aromatic nitrogens is 1. The lowest BCUT2D eigenvalue weighted by molar-refractivity contribution is 0.390. The summed E-state index contributed by atoms with van der Waals surface area (Å²) in [5, 5.41) is 7.95. The number of rotatable bonds is 13. The summed E-state index contributed by atoms with van der Waals surface area (Å²) in [4.78, 5) is 12.8. The molecule has 0 fully saturated rings. The maximum absolute atomic E-state index is 4.68. The number of unbranched alkanes of at least 4 members (excludes halogenated alkanes) is 4. The van der Waals surface area contributed by atoms with E-state index in [2.05, 4.69) is 53.5 Å². The van der Waals surface area contributed by atoms with Gasteiger partial charge in [-0.3, -0.25) is 4.99 Å². The van der Waals surface area contributed by atoms with Crippen molar-refractivity contribution in [2.75, 3.05) is 40.3 Å². The van der Waals surface area contributed by atoms with Crippen molar-refractivity contribution in [2.45, 2.75) is 58.8 Å². The van der Waals surface area contributed by atoms with E-state index in [0.717, 1.165) is 38.4 Å². The first-order chi connectivity index (χ1) is 12.2. The minimum Gasteiger partial charge on any atom is -0.357 e. The third-order valence-corrected chi connectivity index (χ3v) is 5.16. The molecule has 25 heavy (non-hydrogen) atoms. The van der Waals surface area contributed by atoms with Crippen LogP contribution in [0.5, 0.6) is 0 Å². The normalized spacial score (nSPS) is 12.0. The van der Waals surface area contributed by atoms with Crippen molar-refractivity contribution >= 4 is 17.3 Å². The molecule has 144 valence electrons. The number of aryl methyl sites for hydroxylation is 1. The van der Waals surface area contributed by atoms with E-state index in [9.17, 15) is 0 Å². The molecule has 6 heteroatoms. The van der Waals surface area contributed by atoms with Gasteiger partial charge in [-0.15, -0.1) is 11.3 Å². The van der Waals surface area contributed by atoms with Crippen molar-refractivity contribution in [1.29, 1.82) is 0 Å². The Kier molecular flexibility index (Phi) is 12.3. The lowest BCUT2D eigenvalue weighted by Gasteiger charge is -2.10. The van der Waals surface area contributed by atoms with Gasteiger partial charge < -0.3 is 15.5 Å². The second-order valence-electron chi connectivity index (χ2n) is 6.58. The third-order valence-electron chi connectivity index (χ3n) is 3.96. The zero-order valence-corrected chi connectivity index (χ0v) is 17.4. The zero-order valence-electron chi connectivity index (χ0n) is 16.6. The maximum atomic E-state index is 4.68. The Morgan fingerprint density at radius 1 is 1.12 bits per heavy atom. The van der Waals surface area contributed by atoms with Gasteiger partial charge >= 0.3 is 0 Å². The summed E-state index contributed by atoms with van der Waals surface area (Å²) in [6.07, 6.45) is 10.4. The van der Waals surface area contributed by atoms with Crippen molar-refractivity contribution in [3.63, 3.8) is 0 Å². The molecule has 0 atom stereocenters. The zero-order chi connectivity index (χ0) is 18.3. The van der Waals surface area contributed by atoms with Crippen molar-refractivity contribution < 1.29 is 0 Å². The van der Waals surface area contributed by atoms with Crippen LogP contribution in [0.4, 0.5) is 0 Å². The van der Waals surface area contributed by atoms with Crippen LogP contribution in [-0.2, 0) is 12.8 Å². The minimum atomic E-state index is 0.882. The average molecular weight is 368 g/mol. The molecule has 0 aliphatic carbocycles. The Balaban J connectivity index is 2.15. The topological polar surface area (TPSA) is 52.6 Å². The molecule has 0 bridgehead atoms. The molecule has 0 unspecified atom stereocenters. The SMILES string of the molecule is CCNC(=NCCCCCCCN(C)C)NCCc1ncc(CC)s1. The molecule has 0 aliphatic heterocycles. The standard InChI is InChI=1S/C19H37N5S/c1-5-17-16-23-18(25-17)12-14-22-19(20-6-2)21-13-10-8-7-9-11-15-24(3)4/h16H,5-15H2,1-4H3,(H2,20,21,22). The highest BCUT2D eigenvalue weighted by atomic mass is 32.1. The summed E-state index contributed by atoms with van der Waals surface area (Å²) in [6.45, 7) is 8.16. The summed E-state index contributed by atoms with van der Waals surface area (Å²) >= 11 is 1.82. The molecular weight excluding hydrogens is 330 g/mol. The average Bonchev–Trinajstić information content (AvgIpc) is 3.05. The highest BCUT2D eigenvalue weighted by molar-refractivity contribution is 7.11. The number of hydrogen-bond acceptors (Lipinski definition) is 4. The van der Waals surface area contributed by atoms with E-state index >= 15 is 0 Å². The van der Waals surface area contributed by atoms with Gasteiger partial charge in [0.15, 0.2) is 5.96 Å². The fraction of sp³-hybridized carbons (Fsp3) is 0.789. The van der Waals surface area contributed by atoms with E-state index in [4.69, 9.17) is 0 Å². The summed E-state index contributed by atoms with van der Waals surface area (Å²) < 4.78 is 0. The second-order valence-corrected chi connectivity index (χ2v) is 7.78. The molecule has 1 aromatic heterocycles. The second kappa shape index (κ2) is 14.1. The van der Waals surface area contributed by atoms with Crippen molar-refractivity contribution in [3.8, 4) is 0 Å². The fourth-order valence-corrected chi connectivity index (χ4v) is 3.38. The lowest BCUT2D eigenvalue weighted by atomic mass is 10.1. The van der Waals surface area contributed by atoms with Crippen LogP contribution in [0.25, 0.3) is 0 Å². The number of thiazole rings is 1. The summed E-state index contributed by atoms with van der Waals surface area (Å²) in [5.74, 6) is 0.933. The predicted molar refractivity (Wildman–Crippen MR) is 111 cm³/mol. The van der Waals surface area contributed by atoms with Gasteiger partial charge in [0.2, 0.25) is 0 Å². The van der Waals surface area contributed by atoms with E-state index in [0.29, 0.717) is 0 Å². The third kappa shape index (κ3) is 11.2. The molecule has 5 nitrogen and oxygen atoms in total. The van der Waals surface area contributed by atoms with E-state index in [1.165, 1.54) is 48.5 Å². The Bertz CT molecular complexity index is 470. The smallest absolute Gasteiger partial charge is 0.191 e. The molecule has 0 saturated heterocycles. The van der Waals surface area contributed by atoms with Gasteiger partial charge in [0.25, 0.3) is 0 Å². The quantitative estimate of drug-likeness (QED) is 0.319. The number of nitrogens with zero attached hydrogens (tertiary/aromatic N) is 3. The Labute approximate surface area is 158 Å². The minimum absolute atomic E-state index is 0.882. The van der Waals surface area contributed by atoms with Gasteiger partial charge in [0.1, 0.15) is 0 Å². The van der Waals surface area contributed by atoms with Crippen LogP contribution in [0, 0.1) is 0 Å². The lowest BCUT2D eigenvalue weighted by Crippen LogP contribution is -2.38. The molecular formula is C19H37N5S. The van der Waals surface area contributed by atoms with Gasteiger partial charge in [0.05, 0.1) is 5.01 Å². The summed E-state index contributed by atoms with van der Waals surface area (Å²) in [5.41, 5.74) is 0. The van der Waals surface area contributed by atoms with Gasteiger partial charge in [-0.2, -0.15) is 0 Å². The molecule has 1 aromatic rings. The Morgan fingerprint density at radius 3 is 2.56 bits per heavy atom. The maximum Gasteiger partial charge on any atom is 0.191 e. The van der Waals surface area contributed by atoms with Gasteiger partial charge in [-0.1, -0.05) is 26.2 Å². The first-order valence-electron chi connectivity index (χ1n) is 9.76. The summed E-state index contributed by atoms with van der Waals surface area (Å²) in [6, 6.07) is 0. The van der Waals surface area contributed by atoms with Crippen LogP contribution >= 0.6 is 11.3 Å². The fourth-order valence-electron chi connectivity index (χ4n) is 2.52. The summed E-state index contributed by atoms with van der Waals surface area (Å²) in [7, 11) is 4.28. The highest BCUT2D eigenvalue weighted by Crippen LogP contribution is 2.13. The molecule has 2 N–H and O–H groups in total. The van der Waals surface area contributed by atoms with Crippen LogP contribution in [0.15, 0.2) is 11.2 Å². The van der Waals surface area contributed by atoms with Crippen LogP contribution in [0.1, 0.15) is 55.8 Å². The van der Waals surface area contributed by atoms with Crippen molar-refractivity contribution in [2.24, 2.45) is 4.99 Å². The van der Waals surface area contributed by atoms with E-state index in [-0.39, 0.29) is 0 Å². The van der Waals surface area contributed by atoms with E-state index < -0.39 is 0 Å². The van der Waals surface area contributed by atoms with E-state index in [1.807, 2.05) is 17.5 Å². The van der Waals surface area contributed by atoms with Crippen LogP contribution in [0.3, 0.4) is 0 Å². The van der Waals surface area contributed by atoms with Crippen LogP contribution in [-0.4, -0.2) is 56.1 Å². The highest BCUT2D eigenvalue weighted by Gasteiger charge is 2.02. The Morgan fingerprint density at radius 2 is 1.88 bits per heavy atom. The molecule has 0 amide bonds. The number of guanidine groups is 1. The number of hydrogen-bond donors (Lipinski definition) is 2. The van der Waals surface area contributed by atoms with Crippen LogP contribution in [0.2, 0.25) is 0 Å². The Hall–Kier alpha value is -1.14. The van der Waals surface area contributed by atoms with Gasteiger partial charge in [0, 0.05) is 37.1 Å². The van der Waals surface area contributed by atoms with Crippen molar-refractivity contribution in [3.05, 3.63) is 16.1 Å². The number of aliphatic imine (C=N–C) groups is 1. The molecule has 0 saturated carbocycles. The molecule has 1 heterocycles. The number of nitrogens with one attached hydrogen (secondary N) is 2. The monoisotopic (exact) mass is 367 g/mol. The van der Waals surface area contributed by atoms with Gasteiger partial charge in [-0.25, -0.2) is 4.98 Å². The molecule has 0 aromatic carbocycles. The molecule has 0 radical (unpaired) electrons. The first kappa shape index (κ1) is 21.9. The predicted octanol–water partition coefficient (Wildman–Crippen LogP) is 3.32. The molecule has 0 spiro atoms. The first-order valence-corrected chi connectivity index (χ1v) is 10.6. The van der Waals surface area contributed by atoms with E-state index in [1.54, 1.807) is 0 Å². The van der Waals surface area contributed by atoms with Gasteiger partial charge in [-0.05, 0) is 46.8 Å². The van der Waals surface area contributed by atoms with Crippen molar-refractivity contribution in [1.82, 2.24) is 20.5 Å². The van der Waals surface area contributed by atoms with Crippen LogP contribution < -0.4 is 10.6 Å². The largest absolute Gasteiger partial charge is 0.357 e. The molecule has 1 rings (SSSR count).